The summed E-state index contributed by atoms with van der Waals surface area (Å²) in [5.74, 6) is 0.870. The van der Waals surface area contributed by atoms with Crippen molar-refractivity contribution in [3.05, 3.63) is 194 Å². The fraction of sp³-hybridized carbons (Fsp3) is 0. The highest BCUT2D eigenvalue weighted by Crippen LogP contribution is 2.45. The second kappa shape index (κ2) is 12.3. The molecule has 0 spiro atoms. The van der Waals surface area contributed by atoms with Gasteiger partial charge in [0.1, 0.15) is 5.82 Å². The molecule has 0 radical (unpaired) electrons. The Kier molecular flexibility index (Phi) is 7.18. The Morgan fingerprint density at radius 2 is 0.918 bits per heavy atom. The Bertz CT molecular complexity index is 2530. The van der Waals surface area contributed by atoms with Crippen LogP contribution in [0.15, 0.2) is 194 Å². The van der Waals surface area contributed by atoms with Crippen LogP contribution in [0.4, 0.5) is 17.2 Å². The lowest BCUT2D eigenvalue weighted by atomic mass is 9.85. The predicted molar refractivity (Wildman–Crippen MR) is 208 cm³/mol. The fourth-order valence-electron chi connectivity index (χ4n) is 7.28. The highest BCUT2D eigenvalue weighted by molar-refractivity contribution is 6.21. The molecule has 2 heteroatoms. The van der Waals surface area contributed by atoms with Crippen molar-refractivity contribution in [1.82, 2.24) is 4.98 Å². The van der Waals surface area contributed by atoms with E-state index in [-0.39, 0.29) is 0 Å². The first kappa shape index (κ1) is 28.7. The summed E-state index contributed by atoms with van der Waals surface area (Å²) in [4.78, 5) is 7.07. The van der Waals surface area contributed by atoms with Gasteiger partial charge in [0, 0.05) is 17.4 Å². The van der Waals surface area contributed by atoms with E-state index in [2.05, 4.69) is 181 Å². The van der Waals surface area contributed by atoms with Crippen molar-refractivity contribution in [2.45, 2.75) is 0 Å². The number of aromatic nitrogens is 1. The van der Waals surface area contributed by atoms with Gasteiger partial charge in [-0.25, -0.2) is 4.98 Å². The number of benzene rings is 8. The van der Waals surface area contributed by atoms with E-state index in [1.807, 2.05) is 18.3 Å². The van der Waals surface area contributed by atoms with Crippen molar-refractivity contribution >= 4 is 49.5 Å². The zero-order chi connectivity index (χ0) is 32.6. The van der Waals surface area contributed by atoms with E-state index in [1.165, 1.54) is 60.1 Å². The molecule has 0 saturated heterocycles. The molecular formula is C47H32N2. The maximum atomic E-state index is 4.81. The zero-order valence-electron chi connectivity index (χ0n) is 26.9. The minimum atomic E-state index is 0.870. The summed E-state index contributed by atoms with van der Waals surface area (Å²) in [6, 6.07) is 67.3. The molecule has 49 heavy (non-hydrogen) atoms. The second-order valence-electron chi connectivity index (χ2n) is 12.4. The number of pyridine rings is 1. The highest BCUT2D eigenvalue weighted by atomic mass is 15.2. The Hall–Kier alpha value is -6.51. The molecule has 0 fully saturated rings. The van der Waals surface area contributed by atoms with Crippen molar-refractivity contribution in [1.29, 1.82) is 0 Å². The largest absolute Gasteiger partial charge is 0.294 e. The minimum absolute atomic E-state index is 0.870. The van der Waals surface area contributed by atoms with Gasteiger partial charge in [-0.05, 0) is 96.5 Å². The lowest BCUT2D eigenvalue weighted by Crippen LogP contribution is -2.12. The van der Waals surface area contributed by atoms with E-state index < -0.39 is 0 Å². The third-order valence-electron chi connectivity index (χ3n) is 9.49. The molecule has 0 saturated carbocycles. The maximum absolute atomic E-state index is 4.81. The molecule has 0 aliphatic rings. The highest BCUT2D eigenvalue weighted by Gasteiger charge is 2.20. The first-order chi connectivity index (χ1) is 24.3. The van der Waals surface area contributed by atoms with Gasteiger partial charge < -0.3 is 0 Å². The maximum Gasteiger partial charge on any atom is 0.137 e. The number of para-hydroxylation sites is 1. The van der Waals surface area contributed by atoms with Crippen LogP contribution >= 0.6 is 0 Å². The van der Waals surface area contributed by atoms with Crippen molar-refractivity contribution in [3.63, 3.8) is 0 Å². The van der Waals surface area contributed by atoms with Gasteiger partial charge >= 0.3 is 0 Å². The summed E-state index contributed by atoms with van der Waals surface area (Å²) in [5, 5.41) is 7.49. The fourth-order valence-corrected chi connectivity index (χ4v) is 7.28. The van der Waals surface area contributed by atoms with Crippen molar-refractivity contribution < 1.29 is 0 Å². The van der Waals surface area contributed by atoms with Crippen molar-refractivity contribution in [3.8, 4) is 33.4 Å². The van der Waals surface area contributed by atoms with E-state index in [9.17, 15) is 0 Å². The molecule has 0 amide bonds. The van der Waals surface area contributed by atoms with Crippen LogP contribution in [0, 0.1) is 0 Å². The Labute approximate surface area is 286 Å². The number of fused-ring (bicyclic) bond motifs is 3. The Morgan fingerprint density at radius 1 is 0.367 bits per heavy atom. The van der Waals surface area contributed by atoms with Gasteiger partial charge in [-0.3, -0.25) is 4.90 Å². The molecule has 8 aromatic carbocycles. The third kappa shape index (κ3) is 5.11. The molecule has 0 unspecified atom stereocenters. The summed E-state index contributed by atoms with van der Waals surface area (Å²) >= 11 is 0. The topological polar surface area (TPSA) is 16.1 Å². The standard InChI is InChI=1S/C47H32N2/c1-2-15-34(16-3-1)39-18-10-11-23-44(39)49(45-24-12-13-31-48-45)38-29-27-35(28-30-38)46-40-19-6-8-21-42(40)47(43-22-9-7-20-41(43)46)37-26-25-33-14-4-5-17-36(33)32-37/h1-32H. The van der Waals surface area contributed by atoms with Gasteiger partial charge in [0.25, 0.3) is 0 Å². The smallest absolute Gasteiger partial charge is 0.137 e. The summed E-state index contributed by atoms with van der Waals surface area (Å²) in [5.41, 5.74) is 9.38. The van der Waals surface area contributed by atoms with E-state index in [4.69, 9.17) is 4.98 Å². The molecule has 0 aliphatic heterocycles. The first-order valence-corrected chi connectivity index (χ1v) is 16.7. The molecular weight excluding hydrogens is 593 g/mol. The number of hydrogen-bond donors (Lipinski definition) is 0. The summed E-state index contributed by atoms with van der Waals surface area (Å²) in [6.45, 7) is 0. The van der Waals surface area contributed by atoms with Gasteiger partial charge in [0.05, 0.1) is 5.69 Å². The zero-order valence-corrected chi connectivity index (χ0v) is 26.9. The normalized spacial score (nSPS) is 11.3. The average molecular weight is 625 g/mol. The van der Waals surface area contributed by atoms with Crippen LogP contribution in [0.25, 0.3) is 65.7 Å². The molecule has 2 nitrogen and oxygen atoms in total. The number of anilines is 3. The van der Waals surface area contributed by atoms with E-state index >= 15 is 0 Å². The van der Waals surface area contributed by atoms with Crippen LogP contribution in [0.2, 0.25) is 0 Å². The van der Waals surface area contributed by atoms with Crippen molar-refractivity contribution in [2.24, 2.45) is 0 Å². The van der Waals surface area contributed by atoms with E-state index in [1.54, 1.807) is 0 Å². The third-order valence-corrected chi connectivity index (χ3v) is 9.49. The molecule has 0 aliphatic carbocycles. The number of rotatable bonds is 6. The molecule has 9 aromatic rings. The lowest BCUT2D eigenvalue weighted by molar-refractivity contribution is 1.18. The first-order valence-electron chi connectivity index (χ1n) is 16.7. The molecule has 9 rings (SSSR count). The van der Waals surface area contributed by atoms with Gasteiger partial charge in [0.15, 0.2) is 0 Å². The van der Waals surface area contributed by atoms with Crippen LogP contribution in [-0.4, -0.2) is 4.98 Å². The summed E-state index contributed by atoms with van der Waals surface area (Å²) < 4.78 is 0. The number of nitrogens with zero attached hydrogens (tertiary/aromatic N) is 2. The number of hydrogen-bond acceptors (Lipinski definition) is 2. The quantitative estimate of drug-likeness (QED) is 0.171. The van der Waals surface area contributed by atoms with Crippen LogP contribution in [-0.2, 0) is 0 Å². The Balaban J connectivity index is 1.22. The van der Waals surface area contributed by atoms with Gasteiger partial charge in [-0.15, -0.1) is 0 Å². The van der Waals surface area contributed by atoms with Crippen LogP contribution in [0.5, 0.6) is 0 Å². The van der Waals surface area contributed by atoms with E-state index in [0.717, 1.165) is 22.8 Å². The van der Waals surface area contributed by atoms with Crippen LogP contribution in [0.1, 0.15) is 0 Å². The predicted octanol–water partition coefficient (Wildman–Crippen LogP) is 13.0. The Morgan fingerprint density at radius 3 is 1.59 bits per heavy atom. The average Bonchev–Trinajstić information content (AvgIpc) is 3.18. The summed E-state index contributed by atoms with van der Waals surface area (Å²) in [7, 11) is 0. The summed E-state index contributed by atoms with van der Waals surface area (Å²) in [6.07, 6.45) is 1.86. The molecule has 230 valence electrons. The minimum Gasteiger partial charge on any atom is -0.294 e. The lowest BCUT2D eigenvalue weighted by Gasteiger charge is -2.27. The van der Waals surface area contributed by atoms with Gasteiger partial charge in [0.2, 0.25) is 0 Å². The second-order valence-corrected chi connectivity index (χ2v) is 12.4. The molecule has 0 atom stereocenters. The van der Waals surface area contributed by atoms with Crippen molar-refractivity contribution in [2.75, 3.05) is 4.90 Å². The molecule has 1 aromatic heterocycles. The SMILES string of the molecule is c1ccc(-c2ccccc2N(c2ccc(-c3c4ccccc4c(-c4ccc5ccccc5c4)c4ccccc34)cc2)c2ccccn2)cc1. The molecule has 1 heterocycles. The molecule has 0 N–H and O–H groups in total. The van der Waals surface area contributed by atoms with Crippen LogP contribution in [0.3, 0.4) is 0 Å². The van der Waals surface area contributed by atoms with Crippen LogP contribution < -0.4 is 4.90 Å². The van der Waals surface area contributed by atoms with E-state index in [0.29, 0.717) is 0 Å². The van der Waals surface area contributed by atoms with Gasteiger partial charge in [-0.2, -0.15) is 0 Å². The van der Waals surface area contributed by atoms with Gasteiger partial charge in [-0.1, -0.05) is 152 Å². The molecule has 0 bridgehead atoms. The monoisotopic (exact) mass is 624 g/mol.